The number of likely N-dealkylation sites (tertiary alicyclic amines) is 1. The van der Waals surface area contributed by atoms with Crippen LogP contribution < -0.4 is 5.32 Å². The quantitative estimate of drug-likeness (QED) is 0.815. The molecule has 0 unspecified atom stereocenters. The average molecular weight is 362 g/mol. The summed E-state index contributed by atoms with van der Waals surface area (Å²) >= 11 is 0. The van der Waals surface area contributed by atoms with Gasteiger partial charge in [-0.15, -0.1) is 0 Å². The fraction of sp³-hybridized carbons (Fsp3) is 0.600. The molecule has 0 spiro atoms. The van der Waals surface area contributed by atoms with Crippen LogP contribution in [-0.4, -0.2) is 47.7 Å². The Morgan fingerprint density at radius 2 is 1.77 bits per heavy atom. The van der Waals surface area contributed by atoms with Gasteiger partial charge in [-0.25, -0.2) is 4.79 Å². The van der Waals surface area contributed by atoms with Crippen molar-refractivity contribution >= 4 is 12.1 Å². The summed E-state index contributed by atoms with van der Waals surface area (Å²) in [6.45, 7) is 9.32. The largest absolute Gasteiger partial charge is 0.460 e. The van der Waals surface area contributed by atoms with Gasteiger partial charge in [0, 0.05) is 18.6 Å². The molecule has 6 nitrogen and oxygen atoms in total. The van der Waals surface area contributed by atoms with E-state index in [1.54, 1.807) is 4.90 Å². The van der Waals surface area contributed by atoms with Crippen LogP contribution in [0, 0.1) is 0 Å². The first kappa shape index (κ1) is 20.2. The third kappa shape index (κ3) is 6.67. The summed E-state index contributed by atoms with van der Waals surface area (Å²) < 4.78 is 10.7. The Balaban J connectivity index is 1.71. The lowest BCUT2D eigenvalue weighted by molar-refractivity contribution is -0.144. The van der Waals surface area contributed by atoms with Gasteiger partial charge in [0.05, 0.1) is 6.54 Å². The summed E-state index contributed by atoms with van der Waals surface area (Å²) in [6.07, 6.45) is 1.25. The number of nitrogens with one attached hydrogen (secondary N) is 1. The van der Waals surface area contributed by atoms with Crippen LogP contribution in [-0.2, 0) is 20.9 Å². The maximum absolute atomic E-state index is 12.1. The molecule has 144 valence electrons. The monoisotopic (exact) mass is 362 g/mol. The lowest BCUT2D eigenvalue weighted by atomic mass is 9.90. The molecule has 0 aliphatic carbocycles. The van der Waals surface area contributed by atoms with E-state index in [9.17, 15) is 9.59 Å². The molecule has 1 amide bonds. The molecule has 0 radical (unpaired) electrons. The highest BCUT2D eigenvalue weighted by molar-refractivity contribution is 5.71. The first-order chi connectivity index (χ1) is 12.2. The minimum absolute atomic E-state index is 0.162. The zero-order chi connectivity index (χ0) is 19.2. The molecule has 2 rings (SSSR count). The molecule has 1 heterocycles. The standard InChI is InChI=1S/C20H30N2O4/c1-19(2,3)26-18(24)22-12-10-20(4,11-13-22)21-14-17(23)25-15-16-8-6-5-7-9-16/h5-9,21H,10-15H2,1-4H3. The Kier molecular flexibility index (Phi) is 6.64. The highest BCUT2D eigenvalue weighted by Crippen LogP contribution is 2.23. The summed E-state index contributed by atoms with van der Waals surface area (Å²) in [5.41, 5.74) is 0.292. The summed E-state index contributed by atoms with van der Waals surface area (Å²) in [5, 5.41) is 3.29. The molecule has 0 bridgehead atoms. The van der Waals surface area contributed by atoms with Crippen molar-refractivity contribution in [1.82, 2.24) is 10.2 Å². The first-order valence-corrected chi connectivity index (χ1v) is 9.09. The van der Waals surface area contributed by atoms with Crippen LogP contribution in [0.25, 0.3) is 0 Å². The van der Waals surface area contributed by atoms with Crippen LogP contribution in [0.1, 0.15) is 46.1 Å². The second-order valence-corrected chi connectivity index (χ2v) is 8.03. The molecule has 26 heavy (non-hydrogen) atoms. The van der Waals surface area contributed by atoms with Crippen LogP contribution in [0.15, 0.2) is 30.3 Å². The number of piperidine rings is 1. The van der Waals surface area contributed by atoms with E-state index in [-0.39, 0.29) is 30.8 Å². The van der Waals surface area contributed by atoms with E-state index in [1.807, 2.05) is 51.1 Å². The Labute approximate surface area is 155 Å². The number of esters is 1. The maximum Gasteiger partial charge on any atom is 0.410 e. The number of hydrogen-bond donors (Lipinski definition) is 1. The summed E-state index contributed by atoms with van der Waals surface area (Å²) in [4.78, 5) is 25.8. The van der Waals surface area contributed by atoms with Gasteiger partial charge < -0.3 is 19.7 Å². The van der Waals surface area contributed by atoms with Gasteiger partial charge in [0.2, 0.25) is 0 Å². The van der Waals surface area contributed by atoms with Gasteiger partial charge >= 0.3 is 12.1 Å². The van der Waals surface area contributed by atoms with Gasteiger partial charge in [-0.05, 0) is 46.1 Å². The molecule has 1 fully saturated rings. The molecule has 1 aliphatic rings. The molecule has 1 saturated heterocycles. The van der Waals surface area contributed by atoms with E-state index >= 15 is 0 Å². The number of benzene rings is 1. The van der Waals surface area contributed by atoms with Crippen molar-refractivity contribution < 1.29 is 19.1 Å². The molecular weight excluding hydrogens is 332 g/mol. The normalized spacial score (nSPS) is 16.8. The Bertz CT molecular complexity index is 602. The van der Waals surface area contributed by atoms with Crippen LogP contribution >= 0.6 is 0 Å². The minimum Gasteiger partial charge on any atom is -0.460 e. The third-order valence-electron chi connectivity index (χ3n) is 4.42. The third-order valence-corrected chi connectivity index (χ3v) is 4.42. The molecule has 1 aromatic carbocycles. The van der Waals surface area contributed by atoms with E-state index in [0.29, 0.717) is 13.1 Å². The van der Waals surface area contributed by atoms with Crippen molar-refractivity contribution in [2.24, 2.45) is 0 Å². The van der Waals surface area contributed by atoms with E-state index < -0.39 is 5.60 Å². The Morgan fingerprint density at radius 1 is 1.15 bits per heavy atom. The zero-order valence-electron chi connectivity index (χ0n) is 16.2. The Morgan fingerprint density at radius 3 is 2.35 bits per heavy atom. The number of nitrogens with zero attached hydrogens (tertiary/aromatic N) is 1. The molecule has 0 atom stereocenters. The fourth-order valence-electron chi connectivity index (χ4n) is 2.76. The SMILES string of the molecule is CC1(NCC(=O)OCc2ccccc2)CCN(C(=O)OC(C)(C)C)CC1. The van der Waals surface area contributed by atoms with Crippen molar-refractivity contribution in [3.63, 3.8) is 0 Å². The number of ether oxygens (including phenoxy) is 2. The summed E-state index contributed by atoms with van der Waals surface area (Å²) in [6, 6.07) is 9.61. The van der Waals surface area contributed by atoms with Crippen molar-refractivity contribution in [2.45, 2.75) is 58.3 Å². The highest BCUT2D eigenvalue weighted by Gasteiger charge is 2.33. The molecule has 1 N–H and O–H groups in total. The van der Waals surface area contributed by atoms with E-state index in [2.05, 4.69) is 12.2 Å². The maximum atomic E-state index is 12.1. The number of amides is 1. The minimum atomic E-state index is -0.488. The van der Waals surface area contributed by atoms with E-state index in [1.165, 1.54) is 0 Å². The second kappa shape index (κ2) is 8.54. The van der Waals surface area contributed by atoms with Crippen molar-refractivity contribution in [3.8, 4) is 0 Å². The fourth-order valence-corrected chi connectivity index (χ4v) is 2.76. The number of carbonyl (C=O) groups excluding carboxylic acids is 2. The summed E-state index contributed by atoms with van der Waals surface area (Å²) in [7, 11) is 0. The molecular formula is C20H30N2O4. The molecule has 1 aliphatic heterocycles. The number of hydrogen-bond acceptors (Lipinski definition) is 5. The Hall–Kier alpha value is -2.08. The summed E-state index contributed by atoms with van der Waals surface area (Å²) in [5.74, 6) is -0.273. The number of carbonyl (C=O) groups is 2. The highest BCUT2D eigenvalue weighted by atomic mass is 16.6. The topological polar surface area (TPSA) is 67.9 Å². The van der Waals surface area contributed by atoms with Crippen LogP contribution in [0.2, 0.25) is 0 Å². The molecule has 6 heteroatoms. The van der Waals surface area contributed by atoms with Gasteiger partial charge in [-0.3, -0.25) is 4.79 Å². The lowest BCUT2D eigenvalue weighted by Gasteiger charge is -2.40. The van der Waals surface area contributed by atoms with Gasteiger partial charge in [0.25, 0.3) is 0 Å². The number of rotatable bonds is 5. The molecule has 0 saturated carbocycles. The van der Waals surface area contributed by atoms with E-state index in [4.69, 9.17) is 9.47 Å². The van der Waals surface area contributed by atoms with Crippen LogP contribution in [0.5, 0.6) is 0 Å². The van der Waals surface area contributed by atoms with E-state index in [0.717, 1.165) is 18.4 Å². The van der Waals surface area contributed by atoms with Gasteiger partial charge in [0.1, 0.15) is 12.2 Å². The van der Waals surface area contributed by atoms with Crippen molar-refractivity contribution in [1.29, 1.82) is 0 Å². The molecule has 1 aromatic rings. The van der Waals surface area contributed by atoms with Crippen molar-refractivity contribution in [3.05, 3.63) is 35.9 Å². The average Bonchev–Trinajstić information content (AvgIpc) is 2.58. The van der Waals surface area contributed by atoms with Gasteiger partial charge in [-0.2, -0.15) is 0 Å². The van der Waals surface area contributed by atoms with Crippen LogP contribution in [0.4, 0.5) is 4.79 Å². The van der Waals surface area contributed by atoms with Gasteiger partial charge in [0.15, 0.2) is 0 Å². The predicted molar refractivity (Wildman–Crippen MR) is 99.7 cm³/mol. The van der Waals surface area contributed by atoms with Crippen LogP contribution in [0.3, 0.4) is 0 Å². The predicted octanol–water partition coefficient (Wildman–Crippen LogP) is 3.11. The van der Waals surface area contributed by atoms with Gasteiger partial charge in [-0.1, -0.05) is 30.3 Å². The molecule has 0 aromatic heterocycles. The lowest BCUT2D eigenvalue weighted by Crippen LogP contribution is -2.54. The second-order valence-electron chi connectivity index (χ2n) is 8.03. The van der Waals surface area contributed by atoms with Crippen molar-refractivity contribution in [2.75, 3.05) is 19.6 Å². The zero-order valence-corrected chi connectivity index (χ0v) is 16.2. The smallest absolute Gasteiger partial charge is 0.410 e. The first-order valence-electron chi connectivity index (χ1n) is 9.09.